The van der Waals surface area contributed by atoms with Crippen molar-refractivity contribution in [2.24, 2.45) is 0 Å². The van der Waals surface area contributed by atoms with Gasteiger partial charge < -0.3 is 14.4 Å². The first-order valence-corrected chi connectivity index (χ1v) is 15.4. The molecule has 1 aromatic carbocycles. The Hall–Kier alpha value is -2.68. The topological polar surface area (TPSA) is 82.2 Å². The number of hydrogen-bond donors (Lipinski definition) is 1. The van der Waals surface area contributed by atoms with Crippen LogP contribution >= 0.6 is 11.6 Å². The van der Waals surface area contributed by atoms with Crippen LogP contribution in [0.4, 0.5) is 4.79 Å². The molecule has 4 aromatic rings. The maximum atomic E-state index is 11.8. The van der Waals surface area contributed by atoms with Crippen molar-refractivity contribution in [3.63, 3.8) is 0 Å². The zero-order valence-electron chi connectivity index (χ0n) is 20.5. The van der Waals surface area contributed by atoms with Crippen LogP contribution in [0.1, 0.15) is 26.5 Å². The Kier molecular flexibility index (Phi) is 6.35. The second kappa shape index (κ2) is 8.83. The average Bonchev–Trinajstić information content (AvgIpc) is 3.28. The number of nitrogens with zero attached hydrogens (tertiary/aromatic N) is 4. The maximum absolute atomic E-state index is 11.8. The lowest BCUT2D eigenvalue weighted by Crippen LogP contribution is -2.22. The van der Waals surface area contributed by atoms with Gasteiger partial charge in [-0.3, -0.25) is 0 Å². The molecule has 9 heteroatoms. The van der Waals surface area contributed by atoms with Gasteiger partial charge in [-0.25, -0.2) is 9.78 Å². The fourth-order valence-electron chi connectivity index (χ4n) is 4.00. The van der Waals surface area contributed by atoms with Crippen LogP contribution in [0.25, 0.3) is 33.1 Å². The van der Waals surface area contributed by atoms with E-state index in [4.69, 9.17) is 16.3 Å². The summed E-state index contributed by atoms with van der Waals surface area (Å²) in [6.45, 7) is 14.2. The minimum absolute atomic E-state index is 0.315. The van der Waals surface area contributed by atoms with Crippen molar-refractivity contribution in [3.05, 3.63) is 47.4 Å². The third-order valence-electron chi connectivity index (χ3n) is 5.80. The van der Waals surface area contributed by atoms with Gasteiger partial charge in [0.2, 0.25) is 0 Å². The van der Waals surface area contributed by atoms with Crippen LogP contribution < -0.4 is 0 Å². The van der Waals surface area contributed by atoms with Crippen LogP contribution in [-0.4, -0.2) is 45.2 Å². The Morgan fingerprint density at radius 1 is 1.15 bits per heavy atom. The molecule has 0 unspecified atom stereocenters. The van der Waals surface area contributed by atoms with E-state index in [2.05, 4.69) is 29.7 Å². The smallest absolute Gasteiger partial charge is 0.432 e. The van der Waals surface area contributed by atoms with Gasteiger partial charge in [0.05, 0.1) is 11.2 Å². The molecule has 0 saturated carbocycles. The van der Waals surface area contributed by atoms with E-state index < -0.39 is 14.2 Å². The van der Waals surface area contributed by atoms with E-state index in [1.807, 2.05) is 55.8 Å². The summed E-state index contributed by atoms with van der Waals surface area (Å²) in [4.78, 5) is 16.3. The summed E-state index contributed by atoms with van der Waals surface area (Å²) in [6.07, 6.45) is 0.932. The van der Waals surface area contributed by atoms with Crippen LogP contribution in [0.5, 0.6) is 0 Å². The highest BCUT2D eigenvalue weighted by atomic mass is 35.5. The first kappa shape index (κ1) is 24.4. The lowest BCUT2D eigenvalue weighted by atomic mass is 9.89. The zero-order chi connectivity index (χ0) is 24.8. The number of carboxylic acid groups (broad SMARTS) is 1. The number of halogens is 1. The van der Waals surface area contributed by atoms with Gasteiger partial charge in [-0.1, -0.05) is 58.1 Å². The summed E-state index contributed by atoms with van der Waals surface area (Å²) in [5.41, 5.74) is 3.70. The highest BCUT2D eigenvalue weighted by Crippen LogP contribution is 2.36. The highest BCUT2D eigenvalue weighted by Gasteiger charge is 2.25. The number of pyridine rings is 1. The largest absolute Gasteiger partial charge is 0.463 e. The number of hydrogen-bond acceptors (Lipinski definition) is 4. The normalized spacial score (nSPS) is 12.7. The molecule has 180 valence electrons. The Bertz CT molecular complexity index is 1380. The van der Waals surface area contributed by atoms with Gasteiger partial charge in [-0.05, 0) is 35.9 Å². The van der Waals surface area contributed by atoms with E-state index >= 15 is 0 Å². The number of fused-ring (bicyclic) bond motifs is 2. The SMILES string of the molecule is CC(C)(C)c1nn(C(=O)O)c2ccc(-c3cn(COCC[Si](C)(C)C)c4nc(Cl)ccc34)cc12. The molecule has 0 bridgehead atoms. The zero-order valence-corrected chi connectivity index (χ0v) is 22.3. The summed E-state index contributed by atoms with van der Waals surface area (Å²) in [6, 6.07) is 10.6. The maximum Gasteiger partial charge on any atom is 0.432 e. The number of rotatable bonds is 6. The minimum Gasteiger partial charge on any atom is -0.463 e. The molecule has 1 N–H and O–H groups in total. The third-order valence-corrected chi connectivity index (χ3v) is 7.71. The minimum atomic E-state index is -1.18. The van der Waals surface area contributed by atoms with Gasteiger partial charge in [0.25, 0.3) is 0 Å². The predicted octanol–water partition coefficient (Wildman–Crippen LogP) is 6.84. The summed E-state index contributed by atoms with van der Waals surface area (Å²) in [5.74, 6) is 0. The van der Waals surface area contributed by atoms with Crippen LogP contribution in [0.2, 0.25) is 30.8 Å². The van der Waals surface area contributed by atoms with Crippen LogP contribution in [0, 0.1) is 0 Å². The van der Waals surface area contributed by atoms with E-state index in [1.54, 1.807) is 6.07 Å². The van der Waals surface area contributed by atoms with E-state index in [9.17, 15) is 9.90 Å². The molecule has 0 atom stereocenters. The summed E-state index contributed by atoms with van der Waals surface area (Å²) in [7, 11) is -1.18. The highest BCUT2D eigenvalue weighted by molar-refractivity contribution is 6.76. The molecule has 3 heterocycles. The molecule has 34 heavy (non-hydrogen) atoms. The van der Waals surface area contributed by atoms with Crippen LogP contribution in [-0.2, 0) is 16.9 Å². The van der Waals surface area contributed by atoms with Gasteiger partial charge in [0.1, 0.15) is 17.5 Å². The van der Waals surface area contributed by atoms with Gasteiger partial charge in [-0.2, -0.15) is 9.78 Å². The van der Waals surface area contributed by atoms with E-state index in [0.29, 0.717) is 24.0 Å². The van der Waals surface area contributed by atoms with Crippen molar-refractivity contribution in [2.45, 2.75) is 58.6 Å². The fraction of sp³-hybridized carbons (Fsp3) is 0.400. The molecule has 0 saturated heterocycles. The quantitative estimate of drug-likeness (QED) is 0.179. The molecule has 7 nitrogen and oxygen atoms in total. The van der Waals surface area contributed by atoms with Crippen molar-refractivity contribution < 1.29 is 14.6 Å². The number of aromatic nitrogens is 4. The summed E-state index contributed by atoms with van der Waals surface area (Å²) >= 11 is 6.22. The predicted molar refractivity (Wildman–Crippen MR) is 140 cm³/mol. The average molecular weight is 499 g/mol. The Balaban J connectivity index is 1.80. The van der Waals surface area contributed by atoms with E-state index in [0.717, 1.165) is 44.0 Å². The molecule has 4 rings (SSSR count). The molecule has 0 aliphatic carbocycles. The molecular formula is C25H31ClN4O3Si. The lowest BCUT2D eigenvalue weighted by molar-refractivity contribution is 0.0899. The lowest BCUT2D eigenvalue weighted by Gasteiger charge is -2.15. The van der Waals surface area contributed by atoms with E-state index in [1.165, 1.54) is 0 Å². The van der Waals surface area contributed by atoms with Gasteiger partial charge in [0, 0.05) is 42.6 Å². The monoisotopic (exact) mass is 498 g/mol. The van der Waals surface area contributed by atoms with E-state index in [-0.39, 0.29) is 5.41 Å². The van der Waals surface area contributed by atoms with Gasteiger partial charge in [-0.15, -0.1) is 0 Å². The number of benzene rings is 1. The standard InChI is InChI=1S/C25H31ClN4O3Si/c1-25(2,3)22-18-13-16(7-9-20(18)30(28-22)24(31)32)19-14-29(15-33-11-12-34(4,5)6)23-17(19)8-10-21(26)27-23/h7-10,13-14H,11-12,15H2,1-6H3,(H,31,32). The van der Waals surface area contributed by atoms with Crippen LogP contribution in [0.15, 0.2) is 36.5 Å². The molecule has 0 amide bonds. The summed E-state index contributed by atoms with van der Waals surface area (Å²) < 4.78 is 9.03. The number of carbonyl (C=O) groups is 1. The van der Waals surface area contributed by atoms with Crippen molar-refractivity contribution in [2.75, 3.05) is 6.61 Å². The second-order valence-electron chi connectivity index (χ2n) is 10.9. The first-order chi connectivity index (χ1) is 15.8. The molecule has 0 aliphatic heterocycles. The van der Waals surface area contributed by atoms with Crippen molar-refractivity contribution >= 4 is 47.7 Å². The van der Waals surface area contributed by atoms with Crippen molar-refractivity contribution in [1.82, 2.24) is 19.3 Å². The number of ether oxygens (including phenoxy) is 1. The third kappa shape index (κ3) is 4.89. The fourth-order valence-corrected chi connectivity index (χ4v) is 4.90. The Morgan fingerprint density at radius 3 is 2.53 bits per heavy atom. The van der Waals surface area contributed by atoms with Crippen molar-refractivity contribution in [1.29, 1.82) is 0 Å². The Morgan fingerprint density at radius 2 is 1.88 bits per heavy atom. The summed E-state index contributed by atoms with van der Waals surface area (Å²) in [5, 5.41) is 16.3. The molecule has 0 fully saturated rings. The van der Waals surface area contributed by atoms with Crippen molar-refractivity contribution in [3.8, 4) is 11.1 Å². The molecule has 0 radical (unpaired) electrons. The van der Waals surface area contributed by atoms with Gasteiger partial charge >= 0.3 is 6.09 Å². The van der Waals surface area contributed by atoms with Gasteiger partial charge in [0.15, 0.2) is 0 Å². The first-order valence-electron chi connectivity index (χ1n) is 11.4. The molecule has 3 aromatic heterocycles. The molecule has 0 aliphatic rings. The molecule has 0 spiro atoms. The molecular weight excluding hydrogens is 468 g/mol. The van der Waals surface area contributed by atoms with Crippen LogP contribution in [0.3, 0.4) is 0 Å². The second-order valence-corrected chi connectivity index (χ2v) is 16.9. The Labute approximate surface area is 205 Å².